The molecule has 0 aliphatic heterocycles. The van der Waals surface area contributed by atoms with Gasteiger partial charge in [0.25, 0.3) is 11.8 Å². The van der Waals surface area contributed by atoms with Gasteiger partial charge in [-0.25, -0.2) is 0 Å². The highest BCUT2D eigenvalue weighted by Crippen LogP contribution is 2.26. The highest BCUT2D eigenvalue weighted by atomic mass is 32.1. The number of benzene rings is 1. The molecule has 0 aliphatic rings. The van der Waals surface area contributed by atoms with Crippen molar-refractivity contribution < 1.29 is 19.1 Å². The van der Waals surface area contributed by atoms with E-state index in [0.717, 1.165) is 17.7 Å². The summed E-state index contributed by atoms with van der Waals surface area (Å²) in [6, 6.07) is 9.33. The number of amides is 2. The molecule has 0 radical (unpaired) electrons. The van der Waals surface area contributed by atoms with Gasteiger partial charge in [-0.05, 0) is 42.3 Å². The number of anilines is 1. The number of nitrogens with one attached hydrogen (secondary N) is 2. The summed E-state index contributed by atoms with van der Waals surface area (Å²) in [6.45, 7) is 5.87. The van der Waals surface area contributed by atoms with Gasteiger partial charge in [-0.2, -0.15) is 11.3 Å². The van der Waals surface area contributed by atoms with E-state index in [2.05, 4.69) is 24.5 Å². The Kier molecular flexibility index (Phi) is 8.19. The number of para-hydroxylation sites is 1. The van der Waals surface area contributed by atoms with Crippen LogP contribution in [-0.2, 0) is 14.3 Å². The van der Waals surface area contributed by atoms with Crippen LogP contribution in [0, 0.1) is 0 Å². The predicted octanol–water partition coefficient (Wildman–Crippen LogP) is 3.95. The fraction of sp³-hybridized carbons (Fsp3) is 0.381. The second-order valence-corrected chi connectivity index (χ2v) is 7.32. The number of hydrogen-bond donors (Lipinski definition) is 2. The molecular formula is C21H26N2O4S. The number of esters is 1. The molecule has 1 heterocycles. The minimum absolute atomic E-state index is 0.00302. The van der Waals surface area contributed by atoms with Crippen molar-refractivity contribution in [3.63, 3.8) is 0 Å². The summed E-state index contributed by atoms with van der Waals surface area (Å²) in [5, 5.41) is 9.03. The topological polar surface area (TPSA) is 84.5 Å². The molecule has 2 N–H and O–H groups in total. The summed E-state index contributed by atoms with van der Waals surface area (Å²) in [7, 11) is 0. The number of thiophene rings is 1. The van der Waals surface area contributed by atoms with Crippen LogP contribution in [0.3, 0.4) is 0 Å². The van der Waals surface area contributed by atoms with E-state index in [-0.39, 0.29) is 24.8 Å². The van der Waals surface area contributed by atoms with Gasteiger partial charge in [-0.1, -0.05) is 32.0 Å². The molecule has 2 aromatic rings. The first-order valence-electron chi connectivity index (χ1n) is 9.32. The van der Waals surface area contributed by atoms with Gasteiger partial charge in [0, 0.05) is 23.2 Å². The second kappa shape index (κ2) is 10.6. The zero-order chi connectivity index (χ0) is 20.5. The van der Waals surface area contributed by atoms with Gasteiger partial charge in [0.1, 0.15) is 0 Å². The van der Waals surface area contributed by atoms with Gasteiger partial charge in [0.15, 0.2) is 6.10 Å². The van der Waals surface area contributed by atoms with Crippen molar-refractivity contribution in [3.05, 3.63) is 52.2 Å². The molecule has 7 heteroatoms. The normalized spacial score (nSPS) is 12.7. The zero-order valence-corrected chi connectivity index (χ0v) is 17.2. The Hall–Kier alpha value is -2.67. The van der Waals surface area contributed by atoms with E-state index in [9.17, 15) is 14.4 Å². The van der Waals surface area contributed by atoms with Crippen LogP contribution >= 0.6 is 11.3 Å². The van der Waals surface area contributed by atoms with E-state index >= 15 is 0 Å². The van der Waals surface area contributed by atoms with Crippen LogP contribution in [0.5, 0.6) is 0 Å². The fourth-order valence-corrected chi connectivity index (χ4v) is 3.21. The molecule has 2 atom stereocenters. The standard InChI is InChI=1S/C21H26N2O4S/c1-4-14(2)17-7-5-6-8-18(17)23-20(25)15(3)27-19(24)9-11-22-21(26)16-10-12-28-13-16/h5-8,10,12-15H,4,9,11H2,1-3H3,(H,22,26)(H,23,25). The first kappa shape index (κ1) is 21.6. The Morgan fingerprint density at radius 1 is 1.14 bits per heavy atom. The molecule has 2 amide bonds. The Labute approximate surface area is 169 Å². The lowest BCUT2D eigenvalue weighted by molar-refractivity contribution is -0.153. The van der Waals surface area contributed by atoms with Crippen molar-refractivity contribution in [3.8, 4) is 0 Å². The molecule has 1 aromatic carbocycles. The monoisotopic (exact) mass is 402 g/mol. The maximum Gasteiger partial charge on any atom is 0.308 e. The average Bonchev–Trinajstić information content (AvgIpc) is 3.22. The molecule has 0 aliphatic carbocycles. The van der Waals surface area contributed by atoms with E-state index in [1.807, 2.05) is 29.6 Å². The lowest BCUT2D eigenvalue weighted by atomic mass is 9.97. The highest BCUT2D eigenvalue weighted by molar-refractivity contribution is 7.08. The molecule has 0 bridgehead atoms. The Bertz CT molecular complexity index is 804. The average molecular weight is 403 g/mol. The van der Waals surface area contributed by atoms with E-state index in [4.69, 9.17) is 4.74 Å². The second-order valence-electron chi connectivity index (χ2n) is 6.54. The van der Waals surface area contributed by atoms with Crippen molar-refractivity contribution >= 4 is 34.8 Å². The van der Waals surface area contributed by atoms with Crippen LogP contribution < -0.4 is 10.6 Å². The molecule has 0 fully saturated rings. The predicted molar refractivity (Wildman–Crippen MR) is 111 cm³/mol. The molecular weight excluding hydrogens is 376 g/mol. The maximum atomic E-state index is 12.4. The third-order valence-electron chi connectivity index (χ3n) is 4.44. The third-order valence-corrected chi connectivity index (χ3v) is 5.12. The van der Waals surface area contributed by atoms with Crippen LogP contribution in [-0.4, -0.2) is 30.4 Å². The van der Waals surface area contributed by atoms with Gasteiger partial charge < -0.3 is 15.4 Å². The third kappa shape index (κ3) is 6.20. The summed E-state index contributed by atoms with van der Waals surface area (Å²) in [5.74, 6) is -0.849. The van der Waals surface area contributed by atoms with Crippen molar-refractivity contribution in [2.45, 2.75) is 45.6 Å². The van der Waals surface area contributed by atoms with E-state index in [0.29, 0.717) is 11.5 Å². The van der Waals surface area contributed by atoms with Crippen LogP contribution in [0.15, 0.2) is 41.1 Å². The molecule has 1 aromatic heterocycles. The Morgan fingerprint density at radius 3 is 2.57 bits per heavy atom. The first-order chi connectivity index (χ1) is 13.4. The van der Waals surface area contributed by atoms with E-state index < -0.39 is 12.1 Å². The molecule has 6 nitrogen and oxygen atoms in total. The zero-order valence-electron chi connectivity index (χ0n) is 16.4. The minimum atomic E-state index is -0.926. The summed E-state index contributed by atoms with van der Waals surface area (Å²) in [6.07, 6.45) is 0.0240. The van der Waals surface area contributed by atoms with Crippen molar-refractivity contribution in [2.75, 3.05) is 11.9 Å². The molecule has 28 heavy (non-hydrogen) atoms. The van der Waals surface area contributed by atoms with Crippen LogP contribution in [0.4, 0.5) is 5.69 Å². The van der Waals surface area contributed by atoms with E-state index in [1.54, 1.807) is 11.4 Å². The number of rotatable bonds is 9. The largest absolute Gasteiger partial charge is 0.452 e. The molecule has 2 unspecified atom stereocenters. The Balaban J connectivity index is 1.80. The van der Waals surface area contributed by atoms with Gasteiger partial charge >= 0.3 is 5.97 Å². The number of carbonyl (C=O) groups excluding carboxylic acids is 3. The summed E-state index contributed by atoms with van der Waals surface area (Å²) in [4.78, 5) is 36.2. The summed E-state index contributed by atoms with van der Waals surface area (Å²) < 4.78 is 5.18. The van der Waals surface area contributed by atoms with Crippen molar-refractivity contribution in [1.82, 2.24) is 5.32 Å². The van der Waals surface area contributed by atoms with Crippen LogP contribution in [0.2, 0.25) is 0 Å². The smallest absolute Gasteiger partial charge is 0.308 e. The molecule has 150 valence electrons. The molecule has 0 saturated heterocycles. The maximum absolute atomic E-state index is 12.4. The number of ether oxygens (including phenoxy) is 1. The number of carbonyl (C=O) groups is 3. The lowest BCUT2D eigenvalue weighted by Gasteiger charge is -2.18. The molecule has 0 saturated carbocycles. The highest BCUT2D eigenvalue weighted by Gasteiger charge is 2.19. The SMILES string of the molecule is CCC(C)c1ccccc1NC(=O)C(C)OC(=O)CCNC(=O)c1ccsc1. The van der Waals surface area contributed by atoms with Crippen molar-refractivity contribution in [1.29, 1.82) is 0 Å². The first-order valence-corrected chi connectivity index (χ1v) is 10.3. The minimum Gasteiger partial charge on any atom is -0.452 e. The van der Waals surface area contributed by atoms with Gasteiger partial charge in [-0.15, -0.1) is 0 Å². The quantitative estimate of drug-likeness (QED) is 0.622. The van der Waals surface area contributed by atoms with Crippen molar-refractivity contribution in [2.24, 2.45) is 0 Å². The van der Waals surface area contributed by atoms with Gasteiger partial charge in [-0.3, -0.25) is 14.4 Å². The van der Waals surface area contributed by atoms with Crippen LogP contribution in [0.25, 0.3) is 0 Å². The van der Waals surface area contributed by atoms with E-state index in [1.165, 1.54) is 18.3 Å². The fourth-order valence-electron chi connectivity index (χ4n) is 2.58. The molecule has 2 rings (SSSR count). The molecule has 0 spiro atoms. The summed E-state index contributed by atoms with van der Waals surface area (Å²) in [5.41, 5.74) is 2.34. The van der Waals surface area contributed by atoms with Gasteiger partial charge in [0.2, 0.25) is 0 Å². The number of hydrogen-bond acceptors (Lipinski definition) is 5. The summed E-state index contributed by atoms with van der Waals surface area (Å²) >= 11 is 1.43. The lowest BCUT2D eigenvalue weighted by Crippen LogP contribution is -2.32. The Morgan fingerprint density at radius 2 is 1.89 bits per heavy atom. The van der Waals surface area contributed by atoms with Crippen LogP contribution in [0.1, 0.15) is 55.5 Å². The van der Waals surface area contributed by atoms with Gasteiger partial charge in [0.05, 0.1) is 6.42 Å².